The van der Waals surface area contributed by atoms with Gasteiger partial charge in [-0.1, -0.05) is 170 Å². The highest BCUT2D eigenvalue weighted by Crippen LogP contribution is 2.38. The van der Waals surface area contributed by atoms with Crippen LogP contribution in [0.3, 0.4) is 0 Å². The second kappa shape index (κ2) is 11.6. The maximum atomic E-state index is 2.34. The molecule has 0 aromatic heterocycles. The van der Waals surface area contributed by atoms with Crippen LogP contribution in [0.1, 0.15) is 0 Å². The van der Waals surface area contributed by atoms with Gasteiger partial charge in [0.15, 0.2) is 0 Å². The van der Waals surface area contributed by atoms with Gasteiger partial charge in [0.25, 0.3) is 0 Å². The summed E-state index contributed by atoms with van der Waals surface area (Å²) in [5, 5.41) is 12.7. The molecule has 0 unspecified atom stereocenters. The Kier molecular flexibility index (Phi) is 6.60. The van der Waals surface area contributed by atoms with E-state index in [0.717, 1.165) is 0 Å². The first-order valence-corrected chi connectivity index (χ1v) is 17.3. The third-order valence-corrected chi connectivity index (χ3v) is 10.4. The Morgan fingerprint density at radius 2 is 0.600 bits per heavy atom. The van der Waals surface area contributed by atoms with Crippen molar-refractivity contribution in [2.75, 3.05) is 0 Å². The van der Waals surface area contributed by atoms with Crippen molar-refractivity contribution in [3.8, 4) is 44.5 Å². The van der Waals surface area contributed by atoms with Gasteiger partial charge in [-0.25, -0.2) is 0 Å². The van der Waals surface area contributed by atoms with Crippen LogP contribution in [-0.4, -0.2) is 0 Å². The monoisotopic (exact) mass is 632 g/mol. The van der Waals surface area contributed by atoms with Crippen molar-refractivity contribution in [1.82, 2.24) is 0 Å². The first kappa shape index (κ1) is 28.5. The molecule has 0 bridgehead atoms. The molecule has 10 aromatic rings. The van der Waals surface area contributed by atoms with Gasteiger partial charge in [0.1, 0.15) is 0 Å². The molecule has 10 rings (SSSR count). The molecule has 0 saturated carbocycles. The minimum Gasteiger partial charge on any atom is -0.0616 e. The fourth-order valence-corrected chi connectivity index (χ4v) is 7.90. The molecule has 0 amide bonds. The number of rotatable bonds is 4. The van der Waals surface area contributed by atoms with Crippen LogP contribution in [0.5, 0.6) is 0 Å². The summed E-state index contributed by atoms with van der Waals surface area (Å²) >= 11 is 0. The van der Waals surface area contributed by atoms with Crippen molar-refractivity contribution in [1.29, 1.82) is 0 Å². The molecule has 50 heavy (non-hydrogen) atoms. The Morgan fingerprint density at radius 1 is 0.180 bits per heavy atom. The summed E-state index contributed by atoms with van der Waals surface area (Å²) in [5.74, 6) is 0. The minimum absolute atomic E-state index is 1.22. The van der Waals surface area contributed by atoms with Crippen molar-refractivity contribution in [2.24, 2.45) is 0 Å². The summed E-state index contributed by atoms with van der Waals surface area (Å²) < 4.78 is 0. The average Bonchev–Trinajstić information content (AvgIpc) is 3.19. The van der Waals surface area contributed by atoms with Gasteiger partial charge < -0.3 is 0 Å². The maximum Gasteiger partial charge on any atom is -0.00988 e. The molecule has 0 aliphatic rings. The Hall–Kier alpha value is -6.50. The van der Waals surface area contributed by atoms with Crippen molar-refractivity contribution >= 4 is 53.9 Å². The van der Waals surface area contributed by atoms with E-state index >= 15 is 0 Å². The quantitative estimate of drug-likeness (QED) is 0.169. The lowest BCUT2D eigenvalue weighted by atomic mass is 9.91. The normalized spacial score (nSPS) is 11.6. The number of benzene rings is 10. The smallest absolute Gasteiger partial charge is 0.00988 e. The fourth-order valence-electron chi connectivity index (χ4n) is 7.90. The zero-order valence-electron chi connectivity index (χ0n) is 27.5. The molecule has 0 aliphatic heterocycles. The summed E-state index contributed by atoms with van der Waals surface area (Å²) in [5.41, 5.74) is 9.96. The highest BCUT2D eigenvalue weighted by molar-refractivity contribution is 6.14. The third-order valence-electron chi connectivity index (χ3n) is 10.4. The first-order valence-electron chi connectivity index (χ1n) is 17.3. The van der Waals surface area contributed by atoms with Gasteiger partial charge in [0.05, 0.1) is 0 Å². The first-order chi connectivity index (χ1) is 24.8. The Labute approximate surface area is 291 Å². The van der Waals surface area contributed by atoms with E-state index in [1.807, 2.05) is 0 Å². The van der Waals surface area contributed by atoms with Crippen LogP contribution >= 0.6 is 0 Å². The summed E-state index contributed by atoms with van der Waals surface area (Å²) in [6.07, 6.45) is 0. The average molecular weight is 633 g/mol. The summed E-state index contributed by atoms with van der Waals surface area (Å²) in [4.78, 5) is 0. The molecule has 0 atom stereocenters. The topological polar surface area (TPSA) is 0 Å². The van der Waals surface area contributed by atoms with Crippen LogP contribution in [0.25, 0.3) is 98.4 Å². The van der Waals surface area contributed by atoms with Crippen LogP contribution in [0, 0.1) is 0 Å². The van der Waals surface area contributed by atoms with Crippen molar-refractivity contribution in [3.05, 3.63) is 194 Å². The molecule has 0 saturated heterocycles. The Balaban J connectivity index is 0.987. The second-order valence-electron chi connectivity index (χ2n) is 13.3. The lowest BCUT2D eigenvalue weighted by molar-refractivity contribution is 1.61. The fraction of sp³-hybridized carbons (Fsp3) is 0. The number of fused-ring (bicyclic) bond motifs is 6. The molecule has 232 valence electrons. The highest BCUT2D eigenvalue weighted by Gasteiger charge is 2.12. The lowest BCUT2D eigenvalue weighted by Crippen LogP contribution is -1.87. The van der Waals surface area contributed by atoms with E-state index in [4.69, 9.17) is 0 Å². The van der Waals surface area contributed by atoms with Crippen LogP contribution < -0.4 is 0 Å². The number of hydrogen-bond donors (Lipinski definition) is 0. The van der Waals surface area contributed by atoms with Crippen molar-refractivity contribution in [2.45, 2.75) is 0 Å². The van der Waals surface area contributed by atoms with E-state index in [0.29, 0.717) is 0 Å². The predicted octanol–water partition coefficient (Wildman–Crippen LogP) is 14.1. The minimum atomic E-state index is 1.22. The molecule has 10 aromatic carbocycles. The molecule has 0 spiro atoms. The standard InChI is InChI=1S/C50H32/c1-2-10-36-30-41(27-21-33(36)9-1)45-16-8-17-47-43(15-7-18-48(45)47)35-22-19-34(20-23-35)37-24-25-39-31-42(28-26-38(39)29-37)50-32-40-11-3-4-12-44(40)46-13-5-6-14-49(46)50/h1-32H. The largest absolute Gasteiger partial charge is 0.0616 e. The highest BCUT2D eigenvalue weighted by atomic mass is 14.2. The SMILES string of the molecule is c1ccc2cc(-c3cccc4c(-c5ccc(-c6ccc7cc(-c8cc9ccccc9c9ccccc89)ccc7c6)cc5)cccc34)ccc2c1. The van der Waals surface area contributed by atoms with Crippen molar-refractivity contribution < 1.29 is 0 Å². The molecule has 0 heteroatoms. The molecule has 0 radical (unpaired) electrons. The molecule has 0 fully saturated rings. The van der Waals surface area contributed by atoms with Crippen LogP contribution in [0.4, 0.5) is 0 Å². The second-order valence-corrected chi connectivity index (χ2v) is 13.3. The van der Waals surface area contributed by atoms with Gasteiger partial charge in [-0.05, 0) is 123 Å². The van der Waals surface area contributed by atoms with Gasteiger partial charge in [-0.3, -0.25) is 0 Å². The summed E-state index contributed by atoms with van der Waals surface area (Å²) in [6.45, 7) is 0. The van der Waals surface area contributed by atoms with Gasteiger partial charge in [0.2, 0.25) is 0 Å². The molecular weight excluding hydrogens is 601 g/mol. The maximum absolute atomic E-state index is 2.34. The third kappa shape index (κ3) is 4.77. The zero-order valence-corrected chi connectivity index (χ0v) is 27.5. The van der Waals surface area contributed by atoms with E-state index in [1.165, 1.54) is 98.4 Å². The predicted molar refractivity (Wildman–Crippen MR) is 216 cm³/mol. The molecule has 0 aliphatic carbocycles. The van der Waals surface area contributed by atoms with Crippen LogP contribution in [-0.2, 0) is 0 Å². The van der Waals surface area contributed by atoms with Crippen LogP contribution in [0.2, 0.25) is 0 Å². The summed E-state index contributed by atoms with van der Waals surface area (Å²) in [6, 6.07) is 71.3. The molecule has 0 nitrogen and oxygen atoms in total. The van der Waals surface area contributed by atoms with E-state index in [-0.39, 0.29) is 0 Å². The zero-order chi connectivity index (χ0) is 33.0. The van der Waals surface area contributed by atoms with Crippen molar-refractivity contribution in [3.63, 3.8) is 0 Å². The van der Waals surface area contributed by atoms with E-state index in [9.17, 15) is 0 Å². The Morgan fingerprint density at radius 3 is 1.32 bits per heavy atom. The van der Waals surface area contributed by atoms with E-state index < -0.39 is 0 Å². The molecule has 0 N–H and O–H groups in total. The van der Waals surface area contributed by atoms with E-state index in [1.54, 1.807) is 0 Å². The van der Waals surface area contributed by atoms with Gasteiger partial charge >= 0.3 is 0 Å². The Bertz CT molecular complexity index is 2910. The molecule has 0 heterocycles. The molecular formula is C50H32. The lowest BCUT2D eigenvalue weighted by Gasteiger charge is -2.13. The van der Waals surface area contributed by atoms with Gasteiger partial charge in [-0.15, -0.1) is 0 Å². The summed E-state index contributed by atoms with van der Waals surface area (Å²) in [7, 11) is 0. The van der Waals surface area contributed by atoms with Gasteiger partial charge in [0, 0.05) is 0 Å². The van der Waals surface area contributed by atoms with Gasteiger partial charge in [-0.2, -0.15) is 0 Å². The van der Waals surface area contributed by atoms with E-state index in [2.05, 4.69) is 194 Å². The van der Waals surface area contributed by atoms with Crippen LogP contribution in [0.15, 0.2) is 194 Å². The number of hydrogen-bond acceptors (Lipinski definition) is 0.